The topological polar surface area (TPSA) is 81.0 Å². The molecule has 1 N–H and O–H groups in total. The van der Waals surface area contributed by atoms with Crippen LogP contribution in [0.3, 0.4) is 0 Å². The summed E-state index contributed by atoms with van der Waals surface area (Å²) in [5.74, 6) is 0. The van der Waals surface area contributed by atoms with Crippen molar-refractivity contribution in [2.45, 2.75) is 6.54 Å². The normalized spacial score (nSPS) is 10.2. The fourth-order valence-electron chi connectivity index (χ4n) is 1.24. The van der Waals surface area contributed by atoms with E-state index in [1.54, 1.807) is 6.20 Å². The number of nitrogens with zero attached hydrogens (tertiary/aromatic N) is 3. The molecule has 17 heavy (non-hydrogen) atoms. The van der Waals surface area contributed by atoms with Gasteiger partial charge < -0.3 is 5.32 Å². The van der Waals surface area contributed by atoms with Gasteiger partial charge in [0.1, 0.15) is 5.00 Å². The van der Waals surface area contributed by atoms with E-state index >= 15 is 0 Å². The monoisotopic (exact) mass is 270 g/mol. The van der Waals surface area contributed by atoms with Crippen molar-refractivity contribution in [3.05, 3.63) is 45.1 Å². The van der Waals surface area contributed by atoms with Gasteiger partial charge >= 0.3 is 0 Å². The summed E-state index contributed by atoms with van der Waals surface area (Å²) in [6, 6.07) is 4.34. The summed E-state index contributed by atoms with van der Waals surface area (Å²) < 4.78 is 3.69. The molecule has 0 spiro atoms. The molecule has 0 amide bonds. The maximum atomic E-state index is 10.6. The van der Waals surface area contributed by atoms with Gasteiger partial charge in [-0.05, 0) is 11.6 Å². The molecular weight excluding hydrogens is 264 g/mol. The second kappa shape index (κ2) is 5.07. The fraction of sp³-hybridized carbons (Fsp3) is 0.111. The lowest BCUT2D eigenvalue weighted by atomic mass is 10.2. The first kappa shape index (κ1) is 11.7. The molecule has 0 radical (unpaired) electrons. The van der Waals surface area contributed by atoms with Crippen molar-refractivity contribution < 1.29 is 4.92 Å². The highest BCUT2D eigenvalue weighted by Gasteiger charge is 2.09. The Hall–Kier alpha value is -1.73. The van der Waals surface area contributed by atoms with Crippen molar-refractivity contribution in [3.63, 3.8) is 0 Å². The lowest BCUT2D eigenvalue weighted by molar-refractivity contribution is -0.384. The van der Waals surface area contributed by atoms with E-state index in [0.717, 1.165) is 5.00 Å². The van der Waals surface area contributed by atoms with Gasteiger partial charge in [-0.15, -0.1) is 5.10 Å². The first-order valence-corrected chi connectivity index (χ1v) is 5.76. The number of aromatic nitrogens is 2. The van der Waals surface area contributed by atoms with Gasteiger partial charge in [0.05, 0.1) is 11.1 Å². The molecule has 0 saturated heterocycles. The Morgan fingerprint density at radius 3 is 3.00 bits per heavy atom. The second-order valence-electron chi connectivity index (χ2n) is 3.17. The summed E-state index contributed by atoms with van der Waals surface area (Å²) >= 11 is 7.16. The van der Waals surface area contributed by atoms with E-state index in [1.807, 2.05) is 0 Å². The Balaban J connectivity index is 2.14. The molecule has 88 valence electrons. The highest BCUT2D eigenvalue weighted by molar-refractivity contribution is 7.09. The zero-order valence-corrected chi connectivity index (χ0v) is 10.0. The SMILES string of the molecule is O=[N+]([O-])c1ccc(Cl)c(CNc2cnns2)c1. The number of nitro groups is 1. The van der Waals surface area contributed by atoms with Crippen LogP contribution < -0.4 is 5.32 Å². The largest absolute Gasteiger partial charge is 0.370 e. The molecule has 0 saturated carbocycles. The van der Waals surface area contributed by atoms with Crippen LogP contribution >= 0.6 is 23.1 Å². The van der Waals surface area contributed by atoms with Crippen LogP contribution in [0.15, 0.2) is 24.4 Å². The van der Waals surface area contributed by atoms with Gasteiger partial charge in [0, 0.05) is 35.2 Å². The highest BCUT2D eigenvalue weighted by atomic mass is 35.5. The van der Waals surface area contributed by atoms with Crippen LogP contribution in [-0.2, 0) is 6.54 Å². The van der Waals surface area contributed by atoms with E-state index in [-0.39, 0.29) is 5.69 Å². The molecule has 1 aromatic heterocycles. The number of nitrogens with one attached hydrogen (secondary N) is 1. The number of halogens is 1. The molecule has 0 aliphatic carbocycles. The maximum absolute atomic E-state index is 10.6. The van der Waals surface area contributed by atoms with E-state index in [2.05, 4.69) is 14.9 Å². The zero-order chi connectivity index (χ0) is 12.3. The lowest BCUT2D eigenvalue weighted by Gasteiger charge is -2.04. The van der Waals surface area contributed by atoms with Gasteiger partial charge in [-0.25, -0.2) is 0 Å². The van der Waals surface area contributed by atoms with Crippen molar-refractivity contribution in [2.24, 2.45) is 0 Å². The lowest BCUT2D eigenvalue weighted by Crippen LogP contribution is -1.99. The molecule has 0 fully saturated rings. The van der Waals surface area contributed by atoms with E-state index in [1.165, 1.54) is 29.7 Å². The zero-order valence-electron chi connectivity index (χ0n) is 8.46. The van der Waals surface area contributed by atoms with E-state index in [0.29, 0.717) is 17.1 Å². The molecular formula is C9H7ClN4O2S. The minimum atomic E-state index is -0.450. The number of nitro benzene ring substituents is 1. The van der Waals surface area contributed by atoms with Gasteiger partial charge in [0.15, 0.2) is 0 Å². The Labute approximate surface area is 106 Å². The number of anilines is 1. The van der Waals surface area contributed by atoms with Crippen molar-refractivity contribution in [1.29, 1.82) is 0 Å². The van der Waals surface area contributed by atoms with Crippen molar-refractivity contribution in [2.75, 3.05) is 5.32 Å². The van der Waals surface area contributed by atoms with Gasteiger partial charge in [-0.3, -0.25) is 10.1 Å². The third-order valence-electron chi connectivity index (χ3n) is 2.05. The summed E-state index contributed by atoms with van der Waals surface area (Å²) in [5, 5.41) is 18.6. The molecule has 8 heteroatoms. The second-order valence-corrected chi connectivity index (χ2v) is 4.36. The third kappa shape index (κ3) is 2.89. The van der Waals surface area contributed by atoms with Crippen LogP contribution in [0.2, 0.25) is 5.02 Å². The van der Waals surface area contributed by atoms with Crippen LogP contribution in [0, 0.1) is 10.1 Å². The number of hydrogen-bond acceptors (Lipinski definition) is 6. The van der Waals surface area contributed by atoms with Crippen molar-refractivity contribution in [3.8, 4) is 0 Å². The quantitative estimate of drug-likeness (QED) is 0.682. The fourth-order valence-corrected chi connectivity index (χ4v) is 1.84. The van der Waals surface area contributed by atoms with Crippen LogP contribution in [0.1, 0.15) is 5.56 Å². The third-order valence-corrected chi connectivity index (χ3v) is 3.05. The molecule has 2 aromatic rings. The van der Waals surface area contributed by atoms with Crippen molar-refractivity contribution >= 4 is 33.8 Å². The van der Waals surface area contributed by atoms with Gasteiger partial charge in [0.2, 0.25) is 0 Å². The number of hydrogen-bond donors (Lipinski definition) is 1. The highest BCUT2D eigenvalue weighted by Crippen LogP contribution is 2.23. The van der Waals surface area contributed by atoms with Crippen LogP contribution in [-0.4, -0.2) is 14.5 Å². The minimum absolute atomic E-state index is 0.0219. The van der Waals surface area contributed by atoms with Crippen LogP contribution in [0.4, 0.5) is 10.7 Å². The van der Waals surface area contributed by atoms with Crippen LogP contribution in [0.25, 0.3) is 0 Å². The minimum Gasteiger partial charge on any atom is -0.370 e. The number of rotatable bonds is 4. The average molecular weight is 271 g/mol. The van der Waals surface area contributed by atoms with Crippen molar-refractivity contribution in [1.82, 2.24) is 9.59 Å². The first-order valence-electron chi connectivity index (χ1n) is 4.61. The predicted molar refractivity (Wildman–Crippen MR) is 65.3 cm³/mol. The van der Waals surface area contributed by atoms with Gasteiger partial charge in [0.25, 0.3) is 5.69 Å². The molecule has 0 bridgehead atoms. The van der Waals surface area contributed by atoms with Crippen LogP contribution in [0.5, 0.6) is 0 Å². The van der Waals surface area contributed by atoms with Gasteiger partial charge in [-0.2, -0.15) is 0 Å². The predicted octanol–water partition coefficient (Wildman–Crippen LogP) is 2.71. The first-order chi connectivity index (χ1) is 8.16. The summed E-state index contributed by atoms with van der Waals surface area (Å²) in [6.07, 6.45) is 1.58. The Morgan fingerprint density at radius 1 is 1.53 bits per heavy atom. The van der Waals surface area contributed by atoms with Gasteiger partial charge in [-0.1, -0.05) is 16.1 Å². The molecule has 0 atom stereocenters. The molecule has 0 aliphatic heterocycles. The Bertz CT molecular complexity index is 532. The maximum Gasteiger partial charge on any atom is 0.269 e. The summed E-state index contributed by atoms with van der Waals surface area (Å²) in [6.45, 7) is 0.393. The molecule has 0 unspecified atom stereocenters. The average Bonchev–Trinajstić information content (AvgIpc) is 2.80. The Morgan fingerprint density at radius 2 is 2.35 bits per heavy atom. The van der Waals surface area contributed by atoms with E-state index < -0.39 is 4.92 Å². The summed E-state index contributed by atoms with van der Waals surface area (Å²) in [4.78, 5) is 10.2. The molecule has 0 aliphatic rings. The molecule has 1 aromatic carbocycles. The smallest absolute Gasteiger partial charge is 0.269 e. The number of non-ortho nitro benzene ring substituents is 1. The molecule has 6 nitrogen and oxygen atoms in total. The summed E-state index contributed by atoms with van der Waals surface area (Å²) in [5.41, 5.74) is 0.683. The van der Waals surface area contributed by atoms with E-state index in [4.69, 9.17) is 11.6 Å². The number of benzene rings is 1. The standard InChI is InChI=1S/C9H7ClN4O2S/c10-8-2-1-7(14(15)16)3-6(8)4-11-9-5-12-13-17-9/h1-3,5,11H,4H2. The van der Waals surface area contributed by atoms with E-state index in [9.17, 15) is 10.1 Å². The molecule has 1 heterocycles. The molecule has 2 rings (SSSR count). The summed E-state index contributed by atoms with van der Waals surface area (Å²) in [7, 11) is 0. The Kier molecular flexibility index (Phi) is 3.50.